The normalized spacial score (nSPS) is 10.8. The van der Waals surface area contributed by atoms with Crippen molar-refractivity contribution >= 4 is 29.5 Å². The fraction of sp³-hybridized carbons (Fsp3) is 0.471. The molecule has 0 atom stereocenters. The number of nitrogens with one attached hydrogen (secondary N) is 3. The Balaban J connectivity index is 2.34. The zero-order valence-electron chi connectivity index (χ0n) is 14.4. The molecule has 8 heteroatoms. The second kappa shape index (κ2) is 9.88. The maximum atomic E-state index is 11.8. The summed E-state index contributed by atoms with van der Waals surface area (Å²) in [6.07, 6.45) is 0.822. The zero-order valence-corrected chi connectivity index (χ0v) is 15.2. The van der Waals surface area contributed by atoms with Crippen LogP contribution in [0.3, 0.4) is 0 Å². The molecule has 25 heavy (non-hydrogen) atoms. The van der Waals surface area contributed by atoms with Crippen LogP contribution in [0.1, 0.15) is 32.3 Å². The van der Waals surface area contributed by atoms with E-state index in [1.165, 1.54) is 0 Å². The fourth-order valence-electron chi connectivity index (χ4n) is 2.22. The fourth-order valence-corrected chi connectivity index (χ4v) is 2.34. The molecule has 7 nitrogen and oxygen atoms in total. The number of carbonyl (C=O) groups excluding carboxylic acids is 2. The highest BCUT2D eigenvalue weighted by Crippen LogP contribution is 2.25. The molecule has 0 saturated carbocycles. The minimum absolute atomic E-state index is 0.0300. The molecular formula is C17H24ClN3O4. The van der Waals surface area contributed by atoms with Gasteiger partial charge in [-0.2, -0.15) is 0 Å². The summed E-state index contributed by atoms with van der Waals surface area (Å²) >= 11 is 5.78. The molecule has 0 spiro atoms. The lowest BCUT2D eigenvalue weighted by Crippen LogP contribution is -2.46. The van der Waals surface area contributed by atoms with Gasteiger partial charge in [-0.3, -0.25) is 9.59 Å². The number of benzene rings is 1. The highest BCUT2D eigenvalue weighted by atomic mass is 35.5. The van der Waals surface area contributed by atoms with E-state index in [-0.39, 0.29) is 13.1 Å². The van der Waals surface area contributed by atoms with Gasteiger partial charge in [0.2, 0.25) is 5.91 Å². The third-order valence-electron chi connectivity index (χ3n) is 4.21. The van der Waals surface area contributed by atoms with Gasteiger partial charge < -0.3 is 21.1 Å². The first-order chi connectivity index (χ1) is 11.8. The molecule has 1 aromatic carbocycles. The summed E-state index contributed by atoms with van der Waals surface area (Å²) in [7, 11) is 0. The van der Waals surface area contributed by atoms with Gasteiger partial charge in [0.25, 0.3) is 0 Å². The molecule has 0 aliphatic rings. The van der Waals surface area contributed by atoms with Crippen molar-refractivity contribution in [2.75, 3.05) is 13.1 Å². The Bertz CT molecular complexity index is 600. The number of amides is 3. The van der Waals surface area contributed by atoms with Gasteiger partial charge in [-0.15, -0.1) is 0 Å². The van der Waals surface area contributed by atoms with Gasteiger partial charge in [0.1, 0.15) is 0 Å². The molecule has 0 radical (unpaired) electrons. The number of hydrogen-bond acceptors (Lipinski definition) is 3. The van der Waals surface area contributed by atoms with Crippen LogP contribution < -0.4 is 16.0 Å². The molecule has 0 saturated heterocycles. The molecule has 0 heterocycles. The average molecular weight is 370 g/mol. The molecule has 0 unspecified atom stereocenters. The molecule has 1 aromatic rings. The Morgan fingerprint density at radius 2 is 1.64 bits per heavy atom. The predicted molar refractivity (Wildman–Crippen MR) is 95.4 cm³/mol. The molecule has 1 rings (SSSR count). The second-order valence-electron chi connectivity index (χ2n) is 5.73. The summed E-state index contributed by atoms with van der Waals surface area (Å²) in [6, 6.07) is 6.54. The van der Waals surface area contributed by atoms with E-state index in [0.717, 1.165) is 5.56 Å². The van der Waals surface area contributed by atoms with E-state index in [1.807, 2.05) is 0 Å². The van der Waals surface area contributed by atoms with Crippen molar-refractivity contribution in [3.05, 3.63) is 34.9 Å². The summed E-state index contributed by atoms with van der Waals surface area (Å²) in [5.41, 5.74) is -0.104. The van der Waals surface area contributed by atoms with E-state index in [4.69, 9.17) is 11.6 Å². The lowest BCUT2D eigenvalue weighted by Gasteiger charge is -2.26. The zero-order chi connectivity index (χ0) is 18.9. The van der Waals surface area contributed by atoms with E-state index < -0.39 is 23.3 Å². The molecule has 3 amide bonds. The third-order valence-corrected chi connectivity index (χ3v) is 4.46. The number of rotatable bonds is 9. The van der Waals surface area contributed by atoms with Crippen molar-refractivity contribution in [1.29, 1.82) is 0 Å². The van der Waals surface area contributed by atoms with E-state index in [1.54, 1.807) is 38.1 Å². The summed E-state index contributed by atoms with van der Waals surface area (Å²) in [5, 5.41) is 17.5. The van der Waals surface area contributed by atoms with Crippen LogP contribution in [0.5, 0.6) is 0 Å². The largest absolute Gasteiger partial charge is 0.481 e. The standard InChI is InChI=1S/C17H24ClN3O4/c1-3-17(4-2,15(23)24)11-21-14(22)10-20-16(25)19-9-12-5-7-13(18)8-6-12/h5-8H,3-4,9-11H2,1-2H3,(H,21,22)(H,23,24)(H2,19,20,25). The third kappa shape index (κ3) is 6.62. The SMILES string of the molecule is CCC(CC)(CNC(=O)CNC(=O)NCc1ccc(Cl)cc1)C(=O)O. The van der Waals surface area contributed by atoms with Crippen LogP contribution in [0.25, 0.3) is 0 Å². The summed E-state index contributed by atoms with van der Waals surface area (Å²) in [4.78, 5) is 34.9. The quantitative estimate of drug-likeness (QED) is 0.535. The van der Waals surface area contributed by atoms with E-state index in [0.29, 0.717) is 24.4 Å². The van der Waals surface area contributed by atoms with Crippen molar-refractivity contribution < 1.29 is 19.5 Å². The Hall–Kier alpha value is -2.28. The first-order valence-electron chi connectivity index (χ1n) is 8.09. The summed E-state index contributed by atoms with van der Waals surface area (Å²) < 4.78 is 0. The number of carboxylic acid groups (broad SMARTS) is 1. The lowest BCUT2D eigenvalue weighted by atomic mass is 9.82. The van der Waals surface area contributed by atoms with Gasteiger partial charge in [0.05, 0.1) is 12.0 Å². The van der Waals surface area contributed by atoms with Crippen molar-refractivity contribution in [2.45, 2.75) is 33.2 Å². The summed E-state index contributed by atoms with van der Waals surface area (Å²) in [5.74, 6) is -1.37. The maximum Gasteiger partial charge on any atom is 0.315 e. The smallest absolute Gasteiger partial charge is 0.315 e. The van der Waals surface area contributed by atoms with Crippen LogP contribution in [-0.2, 0) is 16.1 Å². The minimum atomic E-state index is -0.980. The van der Waals surface area contributed by atoms with Gasteiger partial charge in [-0.1, -0.05) is 37.6 Å². The van der Waals surface area contributed by atoms with Crippen LogP contribution in [0.4, 0.5) is 4.79 Å². The van der Waals surface area contributed by atoms with E-state index >= 15 is 0 Å². The van der Waals surface area contributed by atoms with Gasteiger partial charge in [0, 0.05) is 18.1 Å². The molecule has 0 aliphatic heterocycles. The van der Waals surface area contributed by atoms with Crippen LogP contribution in [0, 0.1) is 5.41 Å². The topological polar surface area (TPSA) is 108 Å². The Labute approximate surface area is 152 Å². The number of aliphatic carboxylic acids is 1. The number of urea groups is 1. The van der Waals surface area contributed by atoms with Crippen molar-refractivity contribution in [3.8, 4) is 0 Å². The number of carboxylic acids is 1. The molecule has 138 valence electrons. The van der Waals surface area contributed by atoms with Gasteiger partial charge in [-0.05, 0) is 30.5 Å². The highest BCUT2D eigenvalue weighted by Gasteiger charge is 2.35. The summed E-state index contributed by atoms with van der Waals surface area (Å²) in [6.45, 7) is 3.65. The Kier molecular flexibility index (Phi) is 8.21. The Morgan fingerprint density at radius 1 is 1.04 bits per heavy atom. The molecule has 0 aromatic heterocycles. The maximum absolute atomic E-state index is 11.8. The van der Waals surface area contributed by atoms with Crippen molar-refractivity contribution in [1.82, 2.24) is 16.0 Å². The van der Waals surface area contributed by atoms with Crippen LogP contribution in [-0.4, -0.2) is 36.1 Å². The molecule has 0 bridgehead atoms. The lowest BCUT2D eigenvalue weighted by molar-refractivity contribution is -0.149. The first-order valence-corrected chi connectivity index (χ1v) is 8.47. The van der Waals surface area contributed by atoms with Gasteiger partial charge in [-0.25, -0.2) is 4.79 Å². The highest BCUT2D eigenvalue weighted by molar-refractivity contribution is 6.30. The van der Waals surface area contributed by atoms with Crippen LogP contribution in [0.2, 0.25) is 5.02 Å². The van der Waals surface area contributed by atoms with E-state index in [9.17, 15) is 19.5 Å². The molecule has 0 fully saturated rings. The van der Waals surface area contributed by atoms with Crippen molar-refractivity contribution in [3.63, 3.8) is 0 Å². The minimum Gasteiger partial charge on any atom is -0.481 e. The molecule has 4 N–H and O–H groups in total. The number of hydrogen-bond donors (Lipinski definition) is 4. The molecular weight excluding hydrogens is 346 g/mol. The number of carbonyl (C=O) groups is 3. The van der Waals surface area contributed by atoms with E-state index in [2.05, 4.69) is 16.0 Å². The second-order valence-corrected chi connectivity index (χ2v) is 6.17. The van der Waals surface area contributed by atoms with Crippen molar-refractivity contribution in [2.24, 2.45) is 5.41 Å². The number of halogens is 1. The molecule has 0 aliphatic carbocycles. The monoisotopic (exact) mass is 369 g/mol. The predicted octanol–water partition coefficient (Wildman–Crippen LogP) is 2.15. The first kappa shape index (κ1) is 20.8. The van der Waals surface area contributed by atoms with Crippen LogP contribution in [0.15, 0.2) is 24.3 Å². The average Bonchev–Trinajstić information content (AvgIpc) is 2.60. The van der Waals surface area contributed by atoms with Gasteiger partial charge >= 0.3 is 12.0 Å². The van der Waals surface area contributed by atoms with Crippen LogP contribution >= 0.6 is 11.6 Å². The Morgan fingerprint density at radius 3 is 2.16 bits per heavy atom. The van der Waals surface area contributed by atoms with Gasteiger partial charge in [0.15, 0.2) is 0 Å².